The average molecular weight is 382 g/mol. The van der Waals surface area contributed by atoms with E-state index in [0.29, 0.717) is 17.7 Å². The topological polar surface area (TPSA) is 63.1 Å². The van der Waals surface area contributed by atoms with Gasteiger partial charge >= 0.3 is 0 Å². The molecule has 6 heteroatoms. The molecule has 0 aromatic carbocycles. The molecule has 0 spiro atoms. The Morgan fingerprint density at radius 3 is 2.89 bits per heavy atom. The monoisotopic (exact) mass is 381 g/mol. The number of amides is 1. The molecule has 3 unspecified atom stereocenters. The number of hydrogen-bond donors (Lipinski definition) is 1. The van der Waals surface area contributed by atoms with Crippen LogP contribution >= 0.6 is 0 Å². The number of carbonyl (C=O) groups excluding carboxylic acids is 1. The van der Waals surface area contributed by atoms with E-state index in [-0.39, 0.29) is 5.91 Å². The van der Waals surface area contributed by atoms with Gasteiger partial charge in [0.15, 0.2) is 0 Å². The van der Waals surface area contributed by atoms with Crippen molar-refractivity contribution in [2.45, 2.75) is 57.5 Å². The van der Waals surface area contributed by atoms with Gasteiger partial charge in [0.2, 0.25) is 5.95 Å². The molecule has 3 atom stereocenters. The molecule has 2 aliphatic rings. The fraction of sp³-hybridized carbons (Fsp3) is 0.591. The number of fused-ring (bicyclic) bond motifs is 3. The van der Waals surface area contributed by atoms with Crippen LogP contribution in [0.3, 0.4) is 0 Å². The van der Waals surface area contributed by atoms with Crippen LogP contribution in [0.4, 0.5) is 5.95 Å². The van der Waals surface area contributed by atoms with E-state index in [4.69, 9.17) is 4.98 Å². The molecule has 2 aromatic heterocycles. The molecule has 2 aromatic rings. The number of unbranched alkanes of at least 4 members (excludes halogenated alkanes) is 2. The molecule has 28 heavy (non-hydrogen) atoms. The number of hydrogen-bond acceptors (Lipinski definition) is 4. The molecule has 2 bridgehead atoms. The number of nitrogens with zero attached hydrogens (tertiary/aromatic N) is 4. The van der Waals surface area contributed by atoms with Gasteiger partial charge in [0.05, 0.1) is 0 Å². The van der Waals surface area contributed by atoms with E-state index < -0.39 is 0 Å². The normalized spacial score (nSPS) is 23.3. The van der Waals surface area contributed by atoms with Crippen molar-refractivity contribution in [1.29, 1.82) is 0 Å². The van der Waals surface area contributed by atoms with Crippen LogP contribution in [0.25, 0.3) is 11.0 Å². The molecule has 0 saturated heterocycles. The Balaban J connectivity index is 1.61. The molecular weight excluding hydrogens is 350 g/mol. The lowest BCUT2D eigenvalue weighted by Gasteiger charge is -2.22. The van der Waals surface area contributed by atoms with Crippen LogP contribution in [0, 0.1) is 11.8 Å². The van der Waals surface area contributed by atoms with Crippen LogP contribution < -0.4 is 5.32 Å². The first kappa shape index (κ1) is 19.0. The second-order valence-corrected chi connectivity index (χ2v) is 8.56. The standard InChI is InChI=1S/C22H31N5O/c1-4-5-6-7-10-27-19(21(28)26(2)3)13-17-14-23-22(25-20(17)27)24-18-12-15-8-9-16(18)11-15/h4,13-16,18H,1,5-12H2,2-3H3,(H,23,24,25). The van der Waals surface area contributed by atoms with Crippen molar-refractivity contribution in [2.24, 2.45) is 11.8 Å². The Morgan fingerprint density at radius 2 is 2.21 bits per heavy atom. The van der Waals surface area contributed by atoms with Gasteiger partial charge in [-0.05, 0) is 56.4 Å². The van der Waals surface area contributed by atoms with Gasteiger partial charge < -0.3 is 14.8 Å². The molecule has 2 aliphatic carbocycles. The second kappa shape index (κ2) is 7.94. The third-order valence-electron chi connectivity index (χ3n) is 6.35. The maximum absolute atomic E-state index is 12.7. The lowest BCUT2D eigenvalue weighted by atomic mass is 9.95. The Labute approximate surface area is 167 Å². The number of carbonyl (C=O) groups is 1. The number of rotatable bonds is 8. The van der Waals surface area contributed by atoms with Gasteiger partial charge in [0, 0.05) is 38.3 Å². The van der Waals surface area contributed by atoms with Crippen molar-refractivity contribution < 1.29 is 4.79 Å². The molecule has 0 aliphatic heterocycles. The summed E-state index contributed by atoms with van der Waals surface area (Å²) in [6.07, 6.45) is 12.1. The van der Waals surface area contributed by atoms with Crippen molar-refractivity contribution in [1.82, 2.24) is 19.4 Å². The van der Waals surface area contributed by atoms with Crippen LogP contribution in [0.1, 0.15) is 55.4 Å². The Hall–Kier alpha value is -2.37. The third kappa shape index (κ3) is 3.64. The third-order valence-corrected chi connectivity index (χ3v) is 6.35. The summed E-state index contributed by atoms with van der Waals surface area (Å²) in [5, 5.41) is 4.51. The van der Waals surface area contributed by atoms with E-state index >= 15 is 0 Å². The smallest absolute Gasteiger partial charge is 0.270 e. The van der Waals surface area contributed by atoms with Gasteiger partial charge in [-0.2, -0.15) is 4.98 Å². The Morgan fingerprint density at radius 1 is 1.36 bits per heavy atom. The zero-order valence-corrected chi connectivity index (χ0v) is 17.0. The minimum absolute atomic E-state index is 0.00401. The summed E-state index contributed by atoms with van der Waals surface area (Å²) in [5.74, 6) is 2.34. The molecule has 1 N–H and O–H groups in total. The van der Waals surface area contributed by atoms with E-state index in [0.717, 1.165) is 48.7 Å². The first-order chi connectivity index (χ1) is 13.6. The van der Waals surface area contributed by atoms with Crippen LogP contribution in [-0.2, 0) is 6.54 Å². The van der Waals surface area contributed by atoms with Gasteiger partial charge in [0.1, 0.15) is 11.3 Å². The van der Waals surface area contributed by atoms with Crippen molar-refractivity contribution in [3.05, 3.63) is 30.6 Å². The van der Waals surface area contributed by atoms with Crippen molar-refractivity contribution in [3.8, 4) is 0 Å². The summed E-state index contributed by atoms with van der Waals surface area (Å²) in [7, 11) is 3.58. The number of aryl methyl sites for hydroxylation is 1. The van der Waals surface area contributed by atoms with Gasteiger partial charge in [-0.1, -0.05) is 12.5 Å². The van der Waals surface area contributed by atoms with E-state index in [1.807, 2.05) is 18.3 Å². The largest absolute Gasteiger partial charge is 0.351 e. The minimum atomic E-state index is 0.00401. The molecule has 2 heterocycles. The maximum Gasteiger partial charge on any atom is 0.270 e. The second-order valence-electron chi connectivity index (χ2n) is 8.56. The Kier molecular flexibility index (Phi) is 5.38. The van der Waals surface area contributed by atoms with Crippen molar-refractivity contribution in [3.63, 3.8) is 0 Å². The quantitative estimate of drug-likeness (QED) is 0.553. The lowest BCUT2D eigenvalue weighted by Crippen LogP contribution is -2.27. The molecule has 0 radical (unpaired) electrons. The SMILES string of the molecule is C=CCCCCn1c(C(=O)N(C)C)cc2cnc(NC3CC4CCC3C4)nc21. The number of nitrogens with one attached hydrogen (secondary N) is 1. The number of aromatic nitrogens is 3. The summed E-state index contributed by atoms with van der Waals surface area (Å²) in [4.78, 5) is 23.7. The molecular formula is C22H31N5O. The molecule has 6 nitrogen and oxygen atoms in total. The molecule has 2 saturated carbocycles. The number of anilines is 1. The van der Waals surface area contributed by atoms with Gasteiger partial charge in [-0.3, -0.25) is 4.79 Å². The highest BCUT2D eigenvalue weighted by Gasteiger charge is 2.39. The first-order valence-corrected chi connectivity index (χ1v) is 10.5. The number of allylic oxidation sites excluding steroid dienone is 1. The lowest BCUT2D eigenvalue weighted by molar-refractivity contribution is 0.0817. The summed E-state index contributed by atoms with van der Waals surface area (Å²) in [6.45, 7) is 4.57. The van der Waals surface area contributed by atoms with Gasteiger partial charge in [-0.25, -0.2) is 4.98 Å². The van der Waals surface area contributed by atoms with Crippen molar-refractivity contribution in [2.75, 3.05) is 19.4 Å². The maximum atomic E-state index is 12.7. The van der Waals surface area contributed by atoms with Crippen LogP contribution in [0.5, 0.6) is 0 Å². The van der Waals surface area contributed by atoms with E-state index in [9.17, 15) is 4.79 Å². The molecule has 4 rings (SSSR count). The Bertz CT molecular complexity index is 871. The predicted octanol–water partition coefficient (Wildman–Crippen LogP) is 4.09. The fourth-order valence-electron chi connectivity index (χ4n) is 4.89. The van der Waals surface area contributed by atoms with Gasteiger partial charge in [-0.15, -0.1) is 6.58 Å². The summed E-state index contributed by atoms with van der Waals surface area (Å²) < 4.78 is 2.06. The molecule has 2 fully saturated rings. The molecule has 1 amide bonds. The summed E-state index contributed by atoms with van der Waals surface area (Å²) in [5.41, 5.74) is 1.54. The first-order valence-electron chi connectivity index (χ1n) is 10.5. The van der Waals surface area contributed by atoms with E-state index in [1.54, 1.807) is 19.0 Å². The minimum Gasteiger partial charge on any atom is -0.351 e. The summed E-state index contributed by atoms with van der Waals surface area (Å²) in [6, 6.07) is 2.42. The zero-order valence-electron chi connectivity index (χ0n) is 17.0. The van der Waals surface area contributed by atoms with Crippen molar-refractivity contribution >= 4 is 22.9 Å². The van der Waals surface area contributed by atoms with Crippen LogP contribution in [0.15, 0.2) is 24.9 Å². The molecule has 150 valence electrons. The highest BCUT2D eigenvalue weighted by Crippen LogP contribution is 2.45. The zero-order chi connectivity index (χ0) is 19.7. The predicted molar refractivity (Wildman–Crippen MR) is 112 cm³/mol. The average Bonchev–Trinajstić information content (AvgIpc) is 3.39. The highest BCUT2D eigenvalue weighted by molar-refractivity contribution is 5.97. The highest BCUT2D eigenvalue weighted by atomic mass is 16.2. The van der Waals surface area contributed by atoms with Crippen LogP contribution in [0.2, 0.25) is 0 Å². The summed E-state index contributed by atoms with van der Waals surface area (Å²) >= 11 is 0. The van der Waals surface area contributed by atoms with Crippen LogP contribution in [-0.4, -0.2) is 45.5 Å². The van der Waals surface area contributed by atoms with E-state index in [1.165, 1.54) is 25.7 Å². The van der Waals surface area contributed by atoms with Gasteiger partial charge in [0.25, 0.3) is 5.91 Å². The van der Waals surface area contributed by atoms with E-state index in [2.05, 4.69) is 21.4 Å². The fourth-order valence-corrected chi connectivity index (χ4v) is 4.89.